The molecule has 4 aromatic heterocycles. The maximum absolute atomic E-state index is 12.7. The smallest absolute Gasteiger partial charge is 0.246 e. The summed E-state index contributed by atoms with van der Waals surface area (Å²) in [4.78, 5) is 32.4. The first kappa shape index (κ1) is 24.3. The van der Waals surface area contributed by atoms with E-state index in [1.54, 1.807) is 23.7 Å². The van der Waals surface area contributed by atoms with Crippen molar-refractivity contribution in [2.24, 2.45) is 0 Å². The summed E-state index contributed by atoms with van der Waals surface area (Å²) in [5.41, 5.74) is 4.41. The van der Waals surface area contributed by atoms with Crippen molar-refractivity contribution in [1.82, 2.24) is 29.3 Å². The van der Waals surface area contributed by atoms with Gasteiger partial charge >= 0.3 is 0 Å². The van der Waals surface area contributed by atoms with Gasteiger partial charge < -0.3 is 19.7 Å². The molecule has 5 aromatic rings. The molecule has 1 aromatic carbocycles. The van der Waals surface area contributed by atoms with Crippen molar-refractivity contribution in [1.29, 1.82) is 0 Å². The van der Waals surface area contributed by atoms with Crippen LogP contribution in [0.2, 0.25) is 0 Å². The number of benzene rings is 1. The second-order valence-electron chi connectivity index (χ2n) is 9.74. The summed E-state index contributed by atoms with van der Waals surface area (Å²) >= 11 is 1.65. The van der Waals surface area contributed by atoms with Gasteiger partial charge in [0.05, 0.1) is 24.2 Å². The summed E-state index contributed by atoms with van der Waals surface area (Å²) < 4.78 is 2.21. The average molecular weight is 524 g/mol. The van der Waals surface area contributed by atoms with Gasteiger partial charge in [-0.25, -0.2) is 9.97 Å². The normalized spacial score (nSPS) is 13.6. The predicted molar refractivity (Wildman–Crippen MR) is 153 cm³/mol. The van der Waals surface area contributed by atoms with Crippen LogP contribution in [0.4, 0.5) is 11.5 Å². The Bertz CT molecular complexity index is 1640. The topological polar surface area (TPSA) is 79.2 Å². The maximum Gasteiger partial charge on any atom is 0.246 e. The average Bonchev–Trinajstić information content (AvgIpc) is 3.50. The maximum atomic E-state index is 12.7. The van der Waals surface area contributed by atoms with Crippen LogP contribution in [0.5, 0.6) is 0 Å². The number of aromatic nitrogens is 4. The highest BCUT2D eigenvalue weighted by Crippen LogP contribution is 2.38. The molecule has 0 saturated carbocycles. The van der Waals surface area contributed by atoms with E-state index in [9.17, 15) is 4.79 Å². The molecular formula is C29H29N7OS. The minimum absolute atomic E-state index is 0.0580. The third-order valence-electron chi connectivity index (χ3n) is 6.77. The van der Waals surface area contributed by atoms with Crippen LogP contribution in [-0.4, -0.2) is 62.4 Å². The van der Waals surface area contributed by atoms with E-state index in [0.717, 1.165) is 57.8 Å². The van der Waals surface area contributed by atoms with Crippen molar-refractivity contribution in [2.75, 3.05) is 32.5 Å². The Morgan fingerprint density at radius 3 is 2.92 bits per heavy atom. The number of nitrogens with one attached hydrogen (secondary N) is 1. The minimum Gasteiger partial charge on any atom is -0.341 e. The first-order valence-electron chi connectivity index (χ1n) is 12.7. The lowest BCUT2D eigenvalue weighted by molar-refractivity contribution is -0.126. The van der Waals surface area contributed by atoms with E-state index in [-0.39, 0.29) is 5.91 Å². The Labute approximate surface area is 225 Å². The molecule has 0 unspecified atom stereocenters. The first-order chi connectivity index (χ1) is 18.5. The Hall–Kier alpha value is -4.08. The number of carbonyl (C=O) groups is 1. The van der Waals surface area contributed by atoms with E-state index in [0.29, 0.717) is 13.1 Å². The van der Waals surface area contributed by atoms with Crippen molar-refractivity contribution in [2.45, 2.75) is 19.5 Å². The third-order valence-corrected chi connectivity index (χ3v) is 7.90. The van der Waals surface area contributed by atoms with Gasteiger partial charge in [-0.1, -0.05) is 12.1 Å². The molecule has 1 aliphatic heterocycles. The summed E-state index contributed by atoms with van der Waals surface area (Å²) in [7, 11) is 3.98. The number of likely N-dealkylation sites (N-methyl/N-ethyl adjacent to an activating group) is 1. The monoisotopic (exact) mass is 523 g/mol. The van der Waals surface area contributed by atoms with E-state index in [4.69, 9.17) is 0 Å². The van der Waals surface area contributed by atoms with E-state index < -0.39 is 0 Å². The molecule has 1 amide bonds. The number of rotatable bonds is 7. The van der Waals surface area contributed by atoms with Gasteiger partial charge in [0.15, 0.2) is 0 Å². The zero-order valence-electron chi connectivity index (χ0n) is 21.5. The van der Waals surface area contributed by atoms with E-state index in [1.165, 1.54) is 10.4 Å². The highest BCUT2D eigenvalue weighted by atomic mass is 32.1. The second kappa shape index (κ2) is 10.4. The third kappa shape index (κ3) is 4.90. The molecular weight excluding hydrogens is 494 g/mol. The molecule has 5 heterocycles. The van der Waals surface area contributed by atoms with Gasteiger partial charge in [0.1, 0.15) is 17.0 Å². The summed E-state index contributed by atoms with van der Waals surface area (Å²) in [5.74, 6) is 0.869. The van der Waals surface area contributed by atoms with E-state index in [2.05, 4.69) is 55.3 Å². The molecule has 9 heteroatoms. The van der Waals surface area contributed by atoms with Gasteiger partial charge in [0, 0.05) is 53.0 Å². The number of fused-ring (bicyclic) bond motifs is 4. The molecule has 0 aliphatic carbocycles. The van der Waals surface area contributed by atoms with Crippen molar-refractivity contribution in [3.63, 3.8) is 0 Å². The molecule has 8 nitrogen and oxygen atoms in total. The first-order valence-corrected chi connectivity index (χ1v) is 13.5. The molecule has 0 fully saturated rings. The number of hydrogen-bond acceptors (Lipinski definition) is 7. The molecule has 0 atom stereocenters. The van der Waals surface area contributed by atoms with Crippen LogP contribution in [0, 0.1) is 0 Å². The number of thiophene rings is 1. The van der Waals surface area contributed by atoms with Crippen LogP contribution in [0.25, 0.3) is 21.1 Å². The molecule has 6 rings (SSSR count). The van der Waals surface area contributed by atoms with E-state index >= 15 is 0 Å². The fourth-order valence-electron chi connectivity index (χ4n) is 4.90. The van der Waals surface area contributed by atoms with Gasteiger partial charge in [0.25, 0.3) is 0 Å². The molecule has 0 saturated heterocycles. The Balaban J connectivity index is 1.23. The van der Waals surface area contributed by atoms with Gasteiger partial charge in [-0.3, -0.25) is 9.78 Å². The van der Waals surface area contributed by atoms with Crippen LogP contribution < -0.4 is 5.32 Å². The zero-order valence-corrected chi connectivity index (χ0v) is 22.3. The number of hydrogen-bond donors (Lipinski definition) is 1. The Morgan fingerprint density at radius 2 is 2.08 bits per heavy atom. The number of amides is 1. The lowest BCUT2D eigenvalue weighted by Gasteiger charge is -2.26. The Morgan fingerprint density at radius 1 is 1.16 bits per heavy atom. The quantitative estimate of drug-likeness (QED) is 0.308. The molecule has 1 N–H and O–H groups in total. The largest absolute Gasteiger partial charge is 0.341 e. The fourth-order valence-corrected chi connectivity index (χ4v) is 6.10. The Kier molecular flexibility index (Phi) is 6.61. The van der Waals surface area contributed by atoms with Crippen LogP contribution in [0.15, 0.2) is 73.3 Å². The van der Waals surface area contributed by atoms with Gasteiger partial charge in [-0.15, -0.1) is 11.3 Å². The van der Waals surface area contributed by atoms with Gasteiger partial charge in [-0.05, 0) is 62.5 Å². The number of anilines is 2. The number of nitrogens with zero attached hydrogens (tertiary/aromatic N) is 6. The standard InChI is InChI=1S/C29H29N7OS/c1-34(2)13-5-7-26(37)36-15-11-23-25(18-36)38-29-27(23)28(31-19-32-29)33-21-8-9-24-20(16-21)10-14-35(24)17-22-6-3-4-12-30-22/h3-10,12,14,16,19H,11,13,15,17-18H2,1-2H3,(H,31,32,33)/b7-5+. The molecule has 0 bridgehead atoms. The van der Waals surface area contributed by atoms with Crippen molar-refractivity contribution in [3.8, 4) is 0 Å². The summed E-state index contributed by atoms with van der Waals surface area (Å²) in [5, 5.41) is 5.76. The molecule has 0 radical (unpaired) electrons. The molecule has 192 valence electrons. The number of carbonyl (C=O) groups excluding carboxylic acids is 1. The zero-order chi connectivity index (χ0) is 26.1. The van der Waals surface area contributed by atoms with Crippen molar-refractivity contribution < 1.29 is 4.79 Å². The highest BCUT2D eigenvalue weighted by molar-refractivity contribution is 7.19. The van der Waals surface area contributed by atoms with Gasteiger partial charge in [-0.2, -0.15) is 0 Å². The van der Waals surface area contributed by atoms with Gasteiger partial charge in [0.2, 0.25) is 5.91 Å². The fraction of sp³-hybridized carbons (Fsp3) is 0.241. The molecule has 1 aliphatic rings. The van der Waals surface area contributed by atoms with Crippen LogP contribution in [0.3, 0.4) is 0 Å². The van der Waals surface area contributed by atoms with Crippen LogP contribution in [-0.2, 0) is 24.3 Å². The predicted octanol–water partition coefficient (Wildman–Crippen LogP) is 4.84. The summed E-state index contributed by atoms with van der Waals surface area (Å²) in [6, 6.07) is 14.5. The minimum atomic E-state index is 0.0580. The highest BCUT2D eigenvalue weighted by Gasteiger charge is 2.25. The van der Waals surface area contributed by atoms with Crippen LogP contribution in [0.1, 0.15) is 16.1 Å². The summed E-state index contributed by atoms with van der Waals surface area (Å²) in [6.07, 6.45) is 9.93. The van der Waals surface area contributed by atoms with E-state index in [1.807, 2.05) is 54.4 Å². The van der Waals surface area contributed by atoms with Crippen molar-refractivity contribution >= 4 is 49.9 Å². The second-order valence-corrected chi connectivity index (χ2v) is 10.8. The van der Waals surface area contributed by atoms with Crippen LogP contribution >= 0.6 is 11.3 Å². The molecule has 0 spiro atoms. The lowest BCUT2D eigenvalue weighted by atomic mass is 10.0. The number of pyridine rings is 1. The SMILES string of the molecule is CN(C)C/C=C/C(=O)N1CCc2c(sc3ncnc(Nc4ccc5c(ccn5Cc5ccccn5)c4)c23)C1. The summed E-state index contributed by atoms with van der Waals surface area (Å²) in [6.45, 7) is 2.78. The molecule has 38 heavy (non-hydrogen) atoms. The lowest BCUT2D eigenvalue weighted by Crippen LogP contribution is -2.34. The van der Waals surface area contributed by atoms with Crippen molar-refractivity contribution in [3.05, 3.63) is 89.5 Å².